The summed E-state index contributed by atoms with van der Waals surface area (Å²) in [5.74, 6) is 2.25. The van der Waals surface area contributed by atoms with E-state index in [4.69, 9.17) is 4.74 Å². The summed E-state index contributed by atoms with van der Waals surface area (Å²) in [7, 11) is 0. The molecule has 1 aliphatic rings. The summed E-state index contributed by atoms with van der Waals surface area (Å²) in [6, 6.07) is 3.19. The molecule has 0 fully saturated rings. The minimum absolute atomic E-state index is 0.189. The molecule has 4 heterocycles. The van der Waals surface area contributed by atoms with Crippen molar-refractivity contribution in [1.82, 2.24) is 29.1 Å². The van der Waals surface area contributed by atoms with Crippen molar-refractivity contribution in [1.29, 1.82) is 0 Å². The molecule has 0 bridgehead atoms. The maximum absolute atomic E-state index is 14.4. The van der Waals surface area contributed by atoms with Crippen LogP contribution in [0.2, 0.25) is 0 Å². The normalized spacial score (nSPS) is 13.1. The average molecular weight is 378 g/mol. The third-order valence-corrected chi connectivity index (χ3v) is 5.19. The lowest BCUT2D eigenvalue weighted by Gasteiger charge is -2.11. The number of rotatable bonds is 4. The van der Waals surface area contributed by atoms with E-state index in [0.29, 0.717) is 30.7 Å². The van der Waals surface area contributed by atoms with Crippen LogP contribution in [0.25, 0.3) is 11.3 Å². The zero-order chi connectivity index (χ0) is 19.3. The molecule has 0 amide bonds. The van der Waals surface area contributed by atoms with Crippen LogP contribution in [0.3, 0.4) is 0 Å². The van der Waals surface area contributed by atoms with Gasteiger partial charge in [-0.3, -0.25) is 8.97 Å². The predicted molar refractivity (Wildman–Crippen MR) is 100 cm³/mol. The van der Waals surface area contributed by atoms with Gasteiger partial charge in [0, 0.05) is 24.6 Å². The van der Waals surface area contributed by atoms with Gasteiger partial charge >= 0.3 is 0 Å². The van der Waals surface area contributed by atoms with Gasteiger partial charge in [-0.2, -0.15) is 0 Å². The monoisotopic (exact) mass is 378 g/mol. The fourth-order valence-electron chi connectivity index (χ4n) is 3.89. The number of halogens is 1. The van der Waals surface area contributed by atoms with E-state index in [0.717, 1.165) is 40.8 Å². The number of benzene rings is 1. The quantitative estimate of drug-likeness (QED) is 0.546. The lowest BCUT2D eigenvalue weighted by molar-refractivity contribution is 0.356. The van der Waals surface area contributed by atoms with Crippen molar-refractivity contribution >= 4 is 5.65 Å². The molecule has 7 nitrogen and oxygen atoms in total. The Balaban J connectivity index is 1.50. The molecule has 8 heteroatoms. The van der Waals surface area contributed by atoms with E-state index in [1.54, 1.807) is 18.6 Å². The first-order valence-corrected chi connectivity index (χ1v) is 9.25. The third kappa shape index (κ3) is 2.64. The average Bonchev–Trinajstić information content (AvgIpc) is 3.40. The highest BCUT2D eigenvalue weighted by atomic mass is 19.1. The Bertz CT molecular complexity index is 1200. The Labute approximate surface area is 160 Å². The summed E-state index contributed by atoms with van der Waals surface area (Å²) < 4.78 is 23.8. The van der Waals surface area contributed by atoms with Gasteiger partial charge < -0.3 is 4.74 Å². The second-order valence-electron chi connectivity index (χ2n) is 6.98. The Kier molecular flexibility index (Phi) is 3.85. The molecule has 142 valence electrons. The second kappa shape index (κ2) is 6.40. The Morgan fingerprint density at radius 1 is 1.21 bits per heavy atom. The van der Waals surface area contributed by atoms with Gasteiger partial charge in [-0.15, -0.1) is 10.2 Å². The number of nitrogens with zero attached hydrogens (tertiary/aromatic N) is 6. The van der Waals surface area contributed by atoms with Crippen LogP contribution in [0.1, 0.15) is 28.5 Å². The Morgan fingerprint density at radius 2 is 2.11 bits per heavy atom. The summed E-state index contributed by atoms with van der Waals surface area (Å²) >= 11 is 0. The Morgan fingerprint density at radius 3 is 2.93 bits per heavy atom. The van der Waals surface area contributed by atoms with E-state index in [1.807, 2.05) is 29.0 Å². The molecule has 4 aromatic rings. The predicted octanol–water partition coefficient (Wildman–Crippen LogP) is 2.79. The van der Waals surface area contributed by atoms with Gasteiger partial charge in [0.25, 0.3) is 0 Å². The van der Waals surface area contributed by atoms with E-state index >= 15 is 0 Å². The van der Waals surface area contributed by atoms with Crippen LogP contribution in [0.4, 0.5) is 4.39 Å². The zero-order valence-corrected chi connectivity index (χ0v) is 15.7. The molecule has 0 spiro atoms. The number of hydrogen-bond acceptors (Lipinski definition) is 5. The molecule has 5 rings (SSSR count). The number of imidazole rings is 1. The summed E-state index contributed by atoms with van der Waals surface area (Å²) in [6.45, 7) is 4.50. The van der Waals surface area contributed by atoms with E-state index in [-0.39, 0.29) is 5.82 Å². The molecule has 0 atom stereocenters. The first kappa shape index (κ1) is 16.9. The van der Waals surface area contributed by atoms with E-state index in [9.17, 15) is 4.39 Å². The van der Waals surface area contributed by atoms with Crippen LogP contribution >= 0.6 is 0 Å². The van der Waals surface area contributed by atoms with Crippen molar-refractivity contribution in [2.24, 2.45) is 0 Å². The molecule has 28 heavy (non-hydrogen) atoms. The zero-order valence-electron chi connectivity index (χ0n) is 15.7. The van der Waals surface area contributed by atoms with Crippen LogP contribution < -0.4 is 4.74 Å². The third-order valence-electron chi connectivity index (χ3n) is 5.19. The van der Waals surface area contributed by atoms with Crippen molar-refractivity contribution in [2.45, 2.75) is 33.1 Å². The largest absolute Gasteiger partial charge is 0.493 e. The molecule has 0 saturated heterocycles. The van der Waals surface area contributed by atoms with Gasteiger partial charge in [-0.05, 0) is 38.0 Å². The number of ether oxygens (including phenoxy) is 1. The number of fused-ring (bicyclic) bond motifs is 2. The van der Waals surface area contributed by atoms with Gasteiger partial charge in [0.1, 0.15) is 35.2 Å². The van der Waals surface area contributed by atoms with Gasteiger partial charge in [0.15, 0.2) is 5.65 Å². The summed E-state index contributed by atoms with van der Waals surface area (Å²) in [4.78, 5) is 9.07. The summed E-state index contributed by atoms with van der Waals surface area (Å²) in [5.41, 5.74) is 4.13. The van der Waals surface area contributed by atoms with Gasteiger partial charge in [0.2, 0.25) is 0 Å². The highest BCUT2D eigenvalue weighted by molar-refractivity contribution is 5.58. The minimum atomic E-state index is -0.189. The maximum Gasteiger partial charge on any atom is 0.187 e. The van der Waals surface area contributed by atoms with Crippen LogP contribution in [0.15, 0.2) is 30.9 Å². The van der Waals surface area contributed by atoms with Crippen molar-refractivity contribution < 1.29 is 9.13 Å². The van der Waals surface area contributed by atoms with Crippen LogP contribution in [0, 0.1) is 19.7 Å². The summed E-state index contributed by atoms with van der Waals surface area (Å²) in [6.07, 6.45) is 7.24. The molecule has 1 aromatic carbocycles. The fraction of sp³-hybridized carbons (Fsp3) is 0.300. The summed E-state index contributed by atoms with van der Waals surface area (Å²) in [5, 5.41) is 8.33. The molecule has 0 unspecified atom stereocenters. The highest BCUT2D eigenvalue weighted by Gasteiger charge is 2.20. The minimum Gasteiger partial charge on any atom is -0.493 e. The van der Waals surface area contributed by atoms with E-state index in [2.05, 4.69) is 20.2 Å². The Hall–Kier alpha value is -3.29. The molecule has 3 aromatic heterocycles. The molecular formula is C20H19FN6O. The lowest BCUT2D eigenvalue weighted by atomic mass is 10.00. The fourth-order valence-corrected chi connectivity index (χ4v) is 3.89. The molecule has 0 aliphatic carbocycles. The van der Waals surface area contributed by atoms with Crippen molar-refractivity contribution in [3.8, 4) is 11.4 Å². The van der Waals surface area contributed by atoms with Crippen LogP contribution in [-0.4, -0.2) is 35.7 Å². The number of aryl methyl sites for hydroxylation is 3. The first-order valence-electron chi connectivity index (χ1n) is 9.25. The number of hydrogen-bond donors (Lipinski definition) is 0. The van der Waals surface area contributed by atoms with Crippen molar-refractivity contribution in [3.63, 3.8) is 0 Å². The van der Waals surface area contributed by atoms with E-state index < -0.39 is 0 Å². The van der Waals surface area contributed by atoms with Gasteiger partial charge in [-0.1, -0.05) is 0 Å². The second-order valence-corrected chi connectivity index (χ2v) is 6.98. The van der Waals surface area contributed by atoms with E-state index in [1.165, 1.54) is 6.07 Å². The van der Waals surface area contributed by atoms with Gasteiger partial charge in [-0.25, -0.2) is 14.4 Å². The first-order chi connectivity index (χ1) is 13.6. The smallest absolute Gasteiger partial charge is 0.187 e. The standard InChI is InChI=1S/C20H19FN6O/c1-12-10-26(13(2)24-12)17-9-22-19(27-11-23-25-20(17)27)6-3-14-15-7-8-28-18(15)5-4-16(14)21/h4-5,9-11H,3,6-8H2,1-2H3. The highest BCUT2D eigenvalue weighted by Crippen LogP contribution is 2.31. The maximum atomic E-state index is 14.4. The van der Waals surface area contributed by atoms with Crippen LogP contribution in [0.5, 0.6) is 5.75 Å². The SMILES string of the molecule is Cc1cn(-c2cnc(CCc3c(F)ccc4c3CCO4)n3cnnc23)c(C)n1. The van der Waals surface area contributed by atoms with Crippen molar-refractivity contribution in [3.05, 3.63) is 65.1 Å². The number of aromatic nitrogens is 6. The molecule has 0 saturated carbocycles. The van der Waals surface area contributed by atoms with Crippen LogP contribution in [-0.2, 0) is 19.3 Å². The molecule has 0 radical (unpaired) electrons. The lowest BCUT2D eigenvalue weighted by Crippen LogP contribution is -2.08. The molecular weight excluding hydrogens is 359 g/mol. The van der Waals surface area contributed by atoms with Gasteiger partial charge in [0.05, 0.1) is 18.5 Å². The van der Waals surface area contributed by atoms with Crippen molar-refractivity contribution in [2.75, 3.05) is 6.61 Å². The molecule has 0 N–H and O–H groups in total. The topological polar surface area (TPSA) is 70.1 Å². The molecule has 1 aliphatic heterocycles.